The van der Waals surface area contributed by atoms with Crippen LogP contribution in [0.1, 0.15) is 43.5 Å². The maximum absolute atomic E-state index is 5.51. The lowest BCUT2D eigenvalue weighted by Gasteiger charge is -2.39. The monoisotopic (exact) mass is 599 g/mol. The molecule has 0 amide bonds. The third kappa shape index (κ3) is 4.23. The molecule has 4 heteroatoms. The molecule has 0 spiro atoms. The summed E-state index contributed by atoms with van der Waals surface area (Å²) in [7, 11) is 0. The van der Waals surface area contributed by atoms with Crippen molar-refractivity contribution in [1.82, 2.24) is 9.97 Å². The smallest absolute Gasteiger partial charge is 0.108 e. The summed E-state index contributed by atoms with van der Waals surface area (Å²) in [5, 5.41) is 2.50. The van der Waals surface area contributed by atoms with Crippen LogP contribution in [0.15, 0.2) is 127 Å². The molecule has 0 bridgehead atoms. The van der Waals surface area contributed by atoms with E-state index in [1.54, 1.807) is 0 Å². The van der Waals surface area contributed by atoms with Crippen molar-refractivity contribution < 1.29 is 0 Å². The van der Waals surface area contributed by atoms with Gasteiger partial charge in [-0.3, -0.25) is 0 Å². The molecular weight excluding hydrogens is 567 g/mol. The fourth-order valence-corrected chi connectivity index (χ4v) is 8.96. The predicted octanol–water partition coefficient (Wildman–Crippen LogP) is 11.5. The Kier molecular flexibility index (Phi) is 6.14. The summed E-state index contributed by atoms with van der Waals surface area (Å²) in [5.41, 5.74) is 10.4. The molecule has 1 saturated carbocycles. The molecule has 9 rings (SSSR count). The number of thiophene rings is 1. The Balaban J connectivity index is 1.20. The normalized spacial score (nSPS) is 20.1. The summed E-state index contributed by atoms with van der Waals surface area (Å²) in [5.74, 6) is 2.36. The van der Waals surface area contributed by atoms with E-state index in [1.807, 2.05) is 11.3 Å². The van der Waals surface area contributed by atoms with Gasteiger partial charge in [0.05, 0.1) is 21.1 Å². The molecule has 3 nitrogen and oxygen atoms in total. The molecule has 7 aromatic rings. The van der Waals surface area contributed by atoms with Crippen LogP contribution < -0.4 is 4.90 Å². The molecule has 0 aliphatic heterocycles. The van der Waals surface area contributed by atoms with Gasteiger partial charge in [-0.05, 0) is 82.6 Å². The van der Waals surface area contributed by atoms with Gasteiger partial charge in [-0.25, -0.2) is 9.97 Å². The molecule has 4 atom stereocenters. The molecule has 45 heavy (non-hydrogen) atoms. The SMILES string of the molecule is CC1CC2C(C)c3nc4c(-c5ccc6ccccc6c5)sc(-c5ccc(N(c6ccccc6)c6ccccc6)cc5)c4nc3C12. The average molecular weight is 600 g/mol. The number of fused-ring (bicyclic) bond motifs is 5. The van der Waals surface area contributed by atoms with Crippen LogP contribution in [0.2, 0.25) is 0 Å². The summed E-state index contributed by atoms with van der Waals surface area (Å²) in [6.45, 7) is 4.75. The highest BCUT2D eigenvalue weighted by Gasteiger charge is 2.51. The van der Waals surface area contributed by atoms with Crippen molar-refractivity contribution in [2.45, 2.75) is 32.1 Å². The lowest BCUT2D eigenvalue weighted by atomic mass is 9.65. The Morgan fingerprint density at radius 3 is 1.80 bits per heavy atom. The first-order chi connectivity index (χ1) is 22.1. The van der Waals surface area contributed by atoms with Crippen molar-refractivity contribution in [3.05, 3.63) is 139 Å². The Morgan fingerprint density at radius 2 is 1.13 bits per heavy atom. The van der Waals surface area contributed by atoms with Crippen molar-refractivity contribution in [3.8, 4) is 20.9 Å². The Hall–Kier alpha value is -4.80. The Labute approximate surface area is 267 Å². The van der Waals surface area contributed by atoms with Crippen molar-refractivity contribution in [3.63, 3.8) is 0 Å². The molecule has 5 aromatic carbocycles. The van der Waals surface area contributed by atoms with Crippen LogP contribution in [0.4, 0.5) is 17.1 Å². The van der Waals surface area contributed by atoms with E-state index in [4.69, 9.17) is 9.97 Å². The van der Waals surface area contributed by atoms with Crippen LogP contribution in [-0.2, 0) is 0 Å². The molecule has 0 saturated heterocycles. The molecule has 2 aromatic heterocycles. The molecular formula is C41H33N3S. The lowest BCUT2D eigenvalue weighted by Crippen LogP contribution is -2.30. The fraction of sp³-hybridized carbons (Fsp3) is 0.171. The lowest BCUT2D eigenvalue weighted by molar-refractivity contribution is 0.153. The minimum absolute atomic E-state index is 0.465. The van der Waals surface area contributed by atoms with Gasteiger partial charge in [-0.2, -0.15) is 0 Å². The molecule has 0 N–H and O–H groups in total. The highest BCUT2D eigenvalue weighted by Crippen LogP contribution is 2.60. The number of benzene rings is 5. The van der Waals surface area contributed by atoms with Gasteiger partial charge in [-0.1, -0.05) is 98.8 Å². The summed E-state index contributed by atoms with van der Waals surface area (Å²) >= 11 is 1.83. The van der Waals surface area contributed by atoms with Gasteiger partial charge in [0.15, 0.2) is 0 Å². The summed E-state index contributed by atoms with van der Waals surface area (Å²) in [6, 6.07) is 45.6. The largest absolute Gasteiger partial charge is 0.311 e. The third-order valence-corrected chi connectivity index (χ3v) is 11.4. The van der Waals surface area contributed by atoms with E-state index in [0.29, 0.717) is 23.7 Å². The number of nitrogens with zero attached hydrogens (tertiary/aromatic N) is 3. The van der Waals surface area contributed by atoms with Crippen molar-refractivity contribution in [2.75, 3.05) is 4.90 Å². The predicted molar refractivity (Wildman–Crippen MR) is 189 cm³/mol. The third-order valence-electron chi connectivity index (χ3n) is 10.1. The second kappa shape index (κ2) is 10.4. The van der Waals surface area contributed by atoms with Crippen molar-refractivity contribution in [2.24, 2.45) is 11.8 Å². The Bertz CT molecular complexity index is 2150. The summed E-state index contributed by atoms with van der Waals surface area (Å²) in [4.78, 5) is 15.7. The summed E-state index contributed by atoms with van der Waals surface area (Å²) in [6.07, 6.45) is 1.28. The van der Waals surface area contributed by atoms with Crippen LogP contribution in [0.25, 0.3) is 42.7 Å². The molecule has 2 aliphatic carbocycles. The average Bonchev–Trinajstić information content (AvgIpc) is 3.56. The van der Waals surface area contributed by atoms with Crippen LogP contribution in [0.3, 0.4) is 0 Å². The number of rotatable bonds is 5. The standard InChI is InChI=1S/C41H33N3S/c1-25-23-34-26(2)36-37(35(25)34)43-38-39(42-36)41(30-18-17-27-11-9-10-12-29(27)24-30)45-40(38)28-19-21-33(22-20-28)44(31-13-5-3-6-14-31)32-15-7-4-8-16-32/h3-22,24-26,34-35H,23H2,1-2H3. The van der Waals surface area contributed by atoms with Gasteiger partial charge in [0.2, 0.25) is 0 Å². The zero-order valence-corrected chi connectivity index (χ0v) is 26.2. The molecule has 2 aliphatic rings. The zero-order valence-electron chi connectivity index (χ0n) is 25.4. The first kappa shape index (κ1) is 26.6. The van der Waals surface area contributed by atoms with Gasteiger partial charge in [0.25, 0.3) is 0 Å². The van der Waals surface area contributed by atoms with Gasteiger partial charge in [-0.15, -0.1) is 11.3 Å². The van der Waals surface area contributed by atoms with E-state index in [0.717, 1.165) is 28.1 Å². The quantitative estimate of drug-likeness (QED) is 0.197. The van der Waals surface area contributed by atoms with E-state index in [9.17, 15) is 0 Å². The number of hydrogen-bond donors (Lipinski definition) is 0. The van der Waals surface area contributed by atoms with E-state index < -0.39 is 0 Å². The van der Waals surface area contributed by atoms with E-state index in [-0.39, 0.29) is 0 Å². The van der Waals surface area contributed by atoms with Crippen molar-refractivity contribution in [1.29, 1.82) is 0 Å². The molecule has 1 fully saturated rings. The highest BCUT2D eigenvalue weighted by atomic mass is 32.1. The number of para-hydroxylation sites is 2. The molecule has 218 valence electrons. The van der Waals surface area contributed by atoms with Crippen LogP contribution in [0, 0.1) is 11.8 Å². The topological polar surface area (TPSA) is 29.0 Å². The first-order valence-electron chi connectivity index (χ1n) is 16.0. The number of anilines is 3. The molecule has 2 heterocycles. The maximum atomic E-state index is 5.51. The van der Waals surface area contributed by atoms with Crippen LogP contribution in [0.5, 0.6) is 0 Å². The Morgan fingerprint density at radius 1 is 0.578 bits per heavy atom. The van der Waals surface area contributed by atoms with Gasteiger partial charge < -0.3 is 4.90 Å². The second-order valence-electron chi connectivity index (χ2n) is 12.8. The number of aromatic nitrogens is 2. The molecule has 0 radical (unpaired) electrons. The van der Waals surface area contributed by atoms with Gasteiger partial charge in [0, 0.05) is 28.9 Å². The van der Waals surface area contributed by atoms with E-state index in [2.05, 4.69) is 146 Å². The number of hydrogen-bond acceptors (Lipinski definition) is 4. The molecule has 4 unspecified atom stereocenters. The minimum Gasteiger partial charge on any atom is -0.311 e. The van der Waals surface area contributed by atoms with E-state index >= 15 is 0 Å². The maximum Gasteiger partial charge on any atom is 0.108 e. The fourth-order valence-electron chi connectivity index (χ4n) is 7.78. The summed E-state index contributed by atoms with van der Waals surface area (Å²) < 4.78 is 0. The van der Waals surface area contributed by atoms with Crippen LogP contribution >= 0.6 is 11.3 Å². The minimum atomic E-state index is 0.465. The first-order valence-corrected chi connectivity index (χ1v) is 16.8. The zero-order chi connectivity index (χ0) is 30.1. The van der Waals surface area contributed by atoms with Crippen LogP contribution in [-0.4, -0.2) is 9.97 Å². The van der Waals surface area contributed by atoms with Crippen molar-refractivity contribution >= 4 is 50.2 Å². The van der Waals surface area contributed by atoms with Gasteiger partial charge >= 0.3 is 0 Å². The van der Waals surface area contributed by atoms with E-state index in [1.165, 1.54) is 49.5 Å². The highest BCUT2D eigenvalue weighted by molar-refractivity contribution is 7.20. The second-order valence-corrected chi connectivity index (χ2v) is 13.8. The van der Waals surface area contributed by atoms with Gasteiger partial charge in [0.1, 0.15) is 11.0 Å².